The molecule has 4 aromatic rings. The van der Waals surface area contributed by atoms with Crippen LogP contribution in [0.25, 0.3) is 21.7 Å². The number of hydrogen-bond acceptors (Lipinski definition) is 4. The van der Waals surface area contributed by atoms with Gasteiger partial charge in [-0.15, -0.1) is 0 Å². The van der Waals surface area contributed by atoms with Gasteiger partial charge in [-0.2, -0.15) is 0 Å². The molecule has 0 bridgehead atoms. The molecule has 0 atom stereocenters. The smallest absolute Gasteiger partial charge is 0.297 e. The lowest BCUT2D eigenvalue weighted by Crippen LogP contribution is -2.46. The van der Waals surface area contributed by atoms with Crippen LogP contribution in [0.5, 0.6) is 0 Å². The molecule has 1 saturated heterocycles. The SMILES string of the molecule is FC(F)c1nc(N2CCN(Cc3cccc4ccccc34)CC2)c2ccccc2n1. The van der Waals surface area contributed by atoms with Crippen molar-refractivity contribution in [2.45, 2.75) is 13.0 Å². The average Bonchev–Trinajstić information content (AvgIpc) is 2.79. The number of alkyl halides is 2. The molecule has 0 spiro atoms. The minimum atomic E-state index is -2.68. The maximum atomic E-state index is 13.3. The highest BCUT2D eigenvalue weighted by Gasteiger charge is 2.23. The third kappa shape index (κ3) is 3.59. The second kappa shape index (κ2) is 7.95. The lowest BCUT2D eigenvalue weighted by atomic mass is 10.0. The Morgan fingerprint density at radius 3 is 2.27 bits per heavy atom. The van der Waals surface area contributed by atoms with E-state index in [4.69, 9.17) is 0 Å². The maximum Gasteiger partial charge on any atom is 0.297 e. The second-order valence-electron chi connectivity index (χ2n) is 7.62. The molecule has 0 radical (unpaired) electrons. The summed E-state index contributed by atoms with van der Waals surface area (Å²) >= 11 is 0. The van der Waals surface area contributed by atoms with Crippen molar-refractivity contribution in [1.29, 1.82) is 0 Å². The monoisotopic (exact) mass is 404 g/mol. The van der Waals surface area contributed by atoms with Gasteiger partial charge in [-0.25, -0.2) is 18.7 Å². The van der Waals surface area contributed by atoms with Crippen LogP contribution in [0, 0.1) is 0 Å². The Kier molecular flexibility index (Phi) is 5.01. The van der Waals surface area contributed by atoms with Crippen LogP contribution in [0.1, 0.15) is 17.8 Å². The van der Waals surface area contributed by atoms with Crippen molar-refractivity contribution < 1.29 is 8.78 Å². The number of nitrogens with zero attached hydrogens (tertiary/aromatic N) is 4. The molecule has 0 unspecified atom stereocenters. The van der Waals surface area contributed by atoms with Crippen LogP contribution in [0.4, 0.5) is 14.6 Å². The Bertz CT molecular complexity index is 1180. The summed E-state index contributed by atoms with van der Waals surface area (Å²) in [5, 5.41) is 3.36. The molecule has 1 fully saturated rings. The van der Waals surface area contributed by atoms with E-state index in [0.717, 1.165) is 38.1 Å². The number of aromatic nitrogens is 2. The van der Waals surface area contributed by atoms with Gasteiger partial charge in [-0.1, -0.05) is 54.6 Å². The fourth-order valence-electron chi connectivity index (χ4n) is 4.21. The normalized spacial score (nSPS) is 15.4. The molecule has 152 valence electrons. The summed E-state index contributed by atoms with van der Waals surface area (Å²) in [6, 6.07) is 22.2. The van der Waals surface area contributed by atoms with E-state index < -0.39 is 12.2 Å². The molecule has 0 saturated carbocycles. The second-order valence-corrected chi connectivity index (χ2v) is 7.62. The van der Waals surface area contributed by atoms with Crippen molar-refractivity contribution in [3.05, 3.63) is 78.1 Å². The number of rotatable bonds is 4. The maximum absolute atomic E-state index is 13.3. The minimum Gasteiger partial charge on any atom is -0.353 e. The van der Waals surface area contributed by atoms with E-state index in [1.807, 2.05) is 18.2 Å². The van der Waals surface area contributed by atoms with Gasteiger partial charge in [0.15, 0.2) is 5.82 Å². The molecule has 1 aliphatic heterocycles. The largest absolute Gasteiger partial charge is 0.353 e. The first-order valence-corrected chi connectivity index (χ1v) is 10.2. The highest BCUT2D eigenvalue weighted by molar-refractivity contribution is 5.89. The number of anilines is 1. The fraction of sp³-hybridized carbons (Fsp3) is 0.250. The zero-order valence-electron chi connectivity index (χ0n) is 16.5. The topological polar surface area (TPSA) is 32.3 Å². The Labute approximate surface area is 173 Å². The van der Waals surface area contributed by atoms with Crippen LogP contribution in [0.3, 0.4) is 0 Å². The van der Waals surface area contributed by atoms with Gasteiger partial charge in [0.2, 0.25) is 0 Å². The number of hydrogen-bond donors (Lipinski definition) is 0. The molecule has 2 heterocycles. The van der Waals surface area contributed by atoms with E-state index in [9.17, 15) is 8.78 Å². The van der Waals surface area contributed by atoms with Crippen molar-refractivity contribution in [2.75, 3.05) is 31.1 Å². The van der Waals surface area contributed by atoms with Gasteiger partial charge in [-0.3, -0.25) is 4.90 Å². The summed E-state index contributed by atoms with van der Waals surface area (Å²) in [5.41, 5.74) is 1.88. The summed E-state index contributed by atoms with van der Waals surface area (Å²) < 4.78 is 26.6. The molecule has 1 aromatic heterocycles. The Hall–Kier alpha value is -3.12. The third-order valence-corrected chi connectivity index (χ3v) is 5.74. The molecule has 0 aliphatic carbocycles. The van der Waals surface area contributed by atoms with E-state index in [1.165, 1.54) is 16.3 Å². The summed E-state index contributed by atoms with van der Waals surface area (Å²) in [5.74, 6) is 0.211. The molecule has 30 heavy (non-hydrogen) atoms. The van der Waals surface area contributed by atoms with Gasteiger partial charge in [0.1, 0.15) is 5.82 Å². The molecular weight excluding hydrogens is 382 g/mol. The van der Waals surface area contributed by atoms with E-state index in [1.54, 1.807) is 6.07 Å². The average molecular weight is 404 g/mol. The Morgan fingerprint density at radius 1 is 0.767 bits per heavy atom. The molecule has 1 aliphatic rings. The van der Waals surface area contributed by atoms with Crippen LogP contribution < -0.4 is 4.90 Å². The third-order valence-electron chi connectivity index (χ3n) is 5.74. The highest BCUT2D eigenvalue weighted by atomic mass is 19.3. The van der Waals surface area contributed by atoms with Crippen molar-refractivity contribution in [3.8, 4) is 0 Å². The standard InChI is InChI=1S/C24H22F2N4/c25-22(26)23-27-21-11-4-3-10-20(21)24(28-23)30-14-12-29(13-15-30)16-18-8-5-7-17-6-1-2-9-19(17)18/h1-11,22H,12-16H2. The number of piperazine rings is 1. The first-order valence-electron chi connectivity index (χ1n) is 10.2. The first kappa shape index (κ1) is 18.9. The first-order chi connectivity index (χ1) is 14.7. The van der Waals surface area contributed by atoms with Crippen molar-refractivity contribution in [3.63, 3.8) is 0 Å². The molecule has 3 aromatic carbocycles. The molecule has 0 N–H and O–H groups in total. The molecule has 5 rings (SSSR count). The zero-order chi connectivity index (χ0) is 20.5. The molecule has 4 nitrogen and oxygen atoms in total. The van der Waals surface area contributed by atoms with E-state index in [0.29, 0.717) is 11.3 Å². The van der Waals surface area contributed by atoms with Gasteiger partial charge in [0.25, 0.3) is 6.43 Å². The van der Waals surface area contributed by atoms with Crippen molar-refractivity contribution in [2.24, 2.45) is 0 Å². The predicted molar refractivity (Wildman–Crippen MR) is 116 cm³/mol. The summed E-state index contributed by atoms with van der Waals surface area (Å²) in [4.78, 5) is 12.8. The number of fused-ring (bicyclic) bond motifs is 2. The van der Waals surface area contributed by atoms with Crippen molar-refractivity contribution >= 4 is 27.5 Å². The van der Waals surface area contributed by atoms with E-state index in [2.05, 4.69) is 62.2 Å². The van der Waals surface area contributed by atoms with Crippen molar-refractivity contribution in [1.82, 2.24) is 14.9 Å². The van der Waals surface area contributed by atoms with Crippen LogP contribution in [-0.2, 0) is 6.54 Å². The van der Waals surface area contributed by atoms with Gasteiger partial charge in [0, 0.05) is 38.1 Å². The van der Waals surface area contributed by atoms with Crippen LogP contribution in [0.15, 0.2) is 66.7 Å². The molecule has 6 heteroatoms. The van der Waals surface area contributed by atoms with Gasteiger partial charge >= 0.3 is 0 Å². The minimum absolute atomic E-state index is 0.401. The lowest BCUT2D eigenvalue weighted by molar-refractivity contribution is 0.141. The quantitative estimate of drug-likeness (QED) is 0.477. The Morgan fingerprint density at radius 2 is 1.47 bits per heavy atom. The lowest BCUT2D eigenvalue weighted by Gasteiger charge is -2.36. The number of benzene rings is 3. The van der Waals surface area contributed by atoms with Gasteiger partial charge in [0.05, 0.1) is 5.52 Å². The van der Waals surface area contributed by atoms with E-state index >= 15 is 0 Å². The fourth-order valence-corrected chi connectivity index (χ4v) is 4.21. The summed E-state index contributed by atoms with van der Waals surface area (Å²) in [6.45, 7) is 4.07. The van der Waals surface area contributed by atoms with Gasteiger partial charge < -0.3 is 4.90 Å². The molecular formula is C24H22F2N4. The van der Waals surface area contributed by atoms with Crippen LogP contribution in [-0.4, -0.2) is 41.0 Å². The van der Waals surface area contributed by atoms with Crippen LogP contribution >= 0.6 is 0 Å². The number of para-hydroxylation sites is 1. The Balaban J connectivity index is 1.36. The molecule has 0 amide bonds. The van der Waals surface area contributed by atoms with Gasteiger partial charge in [-0.05, 0) is 28.5 Å². The summed E-state index contributed by atoms with van der Waals surface area (Å²) in [6.07, 6.45) is -2.68. The zero-order valence-corrected chi connectivity index (χ0v) is 16.5. The van der Waals surface area contributed by atoms with E-state index in [-0.39, 0.29) is 0 Å². The highest BCUT2D eigenvalue weighted by Crippen LogP contribution is 2.28. The number of halogens is 2. The summed E-state index contributed by atoms with van der Waals surface area (Å²) in [7, 11) is 0. The van der Waals surface area contributed by atoms with Crippen LogP contribution in [0.2, 0.25) is 0 Å². The predicted octanol–water partition coefficient (Wildman–Crippen LogP) is 5.04.